The summed E-state index contributed by atoms with van der Waals surface area (Å²) in [6.45, 7) is 4.85. The summed E-state index contributed by atoms with van der Waals surface area (Å²) >= 11 is 0. The minimum Gasteiger partial charge on any atom is -0.493 e. The van der Waals surface area contributed by atoms with E-state index in [2.05, 4.69) is 0 Å². The number of nitrogens with zero attached hydrogens (tertiary/aromatic N) is 2. The molecule has 0 aliphatic carbocycles. The summed E-state index contributed by atoms with van der Waals surface area (Å²) in [6, 6.07) is 8.01. The van der Waals surface area contributed by atoms with E-state index in [9.17, 15) is 4.79 Å². The van der Waals surface area contributed by atoms with Crippen molar-refractivity contribution in [1.29, 1.82) is 0 Å². The molecule has 0 atom stereocenters. The van der Waals surface area contributed by atoms with Gasteiger partial charge in [0.1, 0.15) is 12.3 Å². The van der Waals surface area contributed by atoms with Gasteiger partial charge in [-0.15, -0.1) is 0 Å². The Bertz CT molecular complexity index is 612. The van der Waals surface area contributed by atoms with Crippen LogP contribution in [0.1, 0.15) is 19.8 Å². The minimum atomic E-state index is 0.210. The molecule has 4 heteroatoms. The second-order valence-corrected chi connectivity index (χ2v) is 5.15. The molecule has 106 valence electrons. The first kappa shape index (κ1) is 13.0. The molecule has 4 nitrogen and oxygen atoms in total. The van der Waals surface area contributed by atoms with Crippen LogP contribution in [0, 0.1) is 0 Å². The Hall–Kier alpha value is -1.97. The molecule has 1 saturated heterocycles. The van der Waals surface area contributed by atoms with Crippen LogP contribution in [-0.4, -0.2) is 35.1 Å². The van der Waals surface area contributed by atoms with Crippen LogP contribution in [0.3, 0.4) is 0 Å². The predicted molar refractivity (Wildman–Crippen MR) is 78.9 cm³/mol. The molecule has 20 heavy (non-hydrogen) atoms. The van der Waals surface area contributed by atoms with Gasteiger partial charge >= 0.3 is 0 Å². The number of carbonyl (C=O) groups is 1. The summed E-state index contributed by atoms with van der Waals surface area (Å²) in [5, 5.41) is 1.07. The van der Waals surface area contributed by atoms with E-state index >= 15 is 0 Å². The quantitative estimate of drug-likeness (QED) is 0.857. The molecule has 1 amide bonds. The number of hydrogen-bond acceptors (Lipinski definition) is 2. The molecule has 0 unspecified atom stereocenters. The van der Waals surface area contributed by atoms with E-state index in [1.54, 1.807) is 0 Å². The predicted octanol–water partition coefficient (Wildman–Crippen LogP) is 2.66. The number of hydrogen-bond donors (Lipinski definition) is 0. The van der Waals surface area contributed by atoms with Gasteiger partial charge in [0.15, 0.2) is 0 Å². The molecule has 0 radical (unpaired) electrons. The number of benzene rings is 1. The van der Waals surface area contributed by atoms with Gasteiger partial charge in [-0.1, -0.05) is 6.07 Å². The SMILES string of the molecule is CCOc1cccc2c1ccn2CC(=O)N1CCCC1. The van der Waals surface area contributed by atoms with Crippen molar-refractivity contribution >= 4 is 16.8 Å². The van der Waals surface area contributed by atoms with Crippen molar-refractivity contribution in [3.63, 3.8) is 0 Å². The first-order valence-electron chi connectivity index (χ1n) is 7.28. The highest BCUT2D eigenvalue weighted by Crippen LogP contribution is 2.26. The van der Waals surface area contributed by atoms with E-state index in [-0.39, 0.29) is 5.91 Å². The average Bonchev–Trinajstić information content (AvgIpc) is 3.09. The number of carbonyl (C=O) groups excluding carboxylic acids is 1. The molecule has 1 aliphatic rings. The maximum Gasteiger partial charge on any atom is 0.242 e. The van der Waals surface area contributed by atoms with Gasteiger partial charge < -0.3 is 14.2 Å². The highest BCUT2D eigenvalue weighted by atomic mass is 16.5. The van der Waals surface area contributed by atoms with Crippen molar-refractivity contribution in [1.82, 2.24) is 9.47 Å². The third-order valence-corrected chi connectivity index (χ3v) is 3.84. The third-order valence-electron chi connectivity index (χ3n) is 3.84. The van der Waals surface area contributed by atoms with Crippen LogP contribution in [0.4, 0.5) is 0 Å². The second-order valence-electron chi connectivity index (χ2n) is 5.15. The first-order valence-corrected chi connectivity index (χ1v) is 7.28. The van der Waals surface area contributed by atoms with Gasteiger partial charge in [0, 0.05) is 24.7 Å². The number of rotatable bonds is 4. The van der Waals surface area contributed by atoms with Crippen molar-refractivity contribution in [2.24, 2.45) is 0 Å². The summed E-state index contributed by atoms with van der Waals surface area (Å²) in [4.78, 5) is 14.2. The van der Waals surface area contributed by atoms with E-state index in [4.69, 9.17) is 4.74 Å². The Morgan fingerprint density at radius 3 is 2.80 bits per heavy atom. The number of amides is 1. The third kappa shape index (κ3) is 2.38. The van der Waals surface area contributed by atoms with Crippen molar-refractivity contribution < 1.29 is 9.53 Å². The Morgan fingerprint density at radius 2 is 2.05 bits per heavy atom. The smallest absolute Gasteiger partial charge is 0.242 e. The number of likely N-dealkylation sites (tertiary alicyclic amines) is 1. The highest BCUT2D eigenvalue weighted by Gasteiger charge is 2.18. The molecule has 3 rings (SSSR count). The summed E-state index contributed by atoms with van der Waals surface area (Å²) in [6.07, 6.45) is 4.24. The maximum absolute atomic E-state index is 12.2. The Kier molecular flexibility index (Phi) is 3.63. The Morgan fingerprint density at radius 1 is 1.25 bits per heavy atom. The summed E-state index contributed by atoms with van der Waals surface area (Å²) in [5.41, 5.74) is 1.06. The molecular weight excluding hydrogens is 252 g/mol. The monoisotopic (exact) mass is 272 g/mol. The topological polar surface area (TPSA) is 34.5 Å². The normalized spacial score (nSPS) is 14.9. The lowest BCUT2D eigenvalue weighted by Crippen LogP contribution is -2.30. The summed E-state index contributed by atoms with van der Waals surface area (Å²) in [7, 11) is 0. The summed E-state index contributed by atoms with van der Waals surface area (Å²) in [5.74, 6) is 1.10. The van der Waals surface area contributed by atoms with Crippen LogP contribution in [-0.2, 0) is 11.3 Å². The van der Waals surface area contributed by atoms with Crippen LogP contribution in [0.25, 0.3) is 10.9 Å². The average molecular weight is 272 g/mol. The largest absolute Gasteiger partial charge is 0.493 e. The molecule has 0 N–H and O–H groups in total. The van der Waals surface area contributed by atoms with Gasteiger partial charge in [-0.3, -0.25) is 4.79 Å². The van der Waals surface area contributed by atoms with Crippen molar-refractivity contribution in [2.75, 3.05) is 19.7 Å². The lowest BCUT2D eigenvalue weighted by atomic mass is 10.2. The molecule has 2 aromatic rings. The van der Waals surface area contributed by atoms with Crippen LogP contribution >= 0.6 is 0 Å². The molecule has 2 heterocycles. The zero-order valence-electron chi connectivity index (χ0n) is 11.8. The number of ether oxygens (including phenoxy) is 1. The lowest BCUT2D eigenvalue weighted by molar-refractivity contribution is -0.130. The van der Waals surface area contributed by atoms with Crippen LogP contribution in [0.2, 0.25) is 0 Å². The summed E-state index contributed by atoms with van der Waals surface area (Å²) < 4.78 is 7.64. The van der Waals surface area contributed by atoms with Crippen molar-refractivity contribution in [2.45, 2.75) is 26.3 Å². The van der Waals surface area contributed by atoms with Crippen molar-refractivity contribution in [3.8, 4) is 5.75 Å². The fraction of sp³-hybridized carbons (Fsp3) is 0.438. The zero-order chi connectivity index (χ0) is 13.9. The number of aromatic nitrogens is 1. The fourth-order valence-corrected chi connectivity index (χ4v) is 2.83. The van der Waals surface area contributed by atoms with Gasteiger partial charge in [-0.05, 0) is 38.0 Å². The molecule has 0 saturated carbocycles. The van der Waals surface area contributed by atoms with E-state index in [1.807, 2.05) is 46.9 Å². The van der Waals surface area contributed by atoms with Crippen LogP contribution in [0.5, 0.6) is 5.75 Å². The number of fused-ring (bicyclic) bond motifs is 1. The van der Waals surface area contributed by atoms with Crippen LogP contribution < -0.4 is 4.74 Å². The molecule has 1 aliphatic heterocycles. The lowest BCUT2D eigenvalue weighted by Gasteiger charge is -2.16. The Balaban J connectivity index is 1.85. The van der Waals surface area contributed by atoms with Gasteiger partial charge in [0.2, 0.25) is 5.91 Å². The van der Waals surface area contributed by atoms with E-state index in [0.29, 0.717) is 13.2 Å². The van der Waals surface area contributed by atoms with E-state index < -0.39 is 0 Å². The second kappa shape index (κ2) is 5.57. The molecule has 1 aromatic heterocycles. The molecule has 0 spiro atoms. The van der Waals surface area contributed by atoms with Crippen LogP contribution in [0.15, 0.2) is 30.5 Å². The van der Waals surface area contributed by atoms with Crippen molar-refractivity contribution in [3.05, 3.63) is 30.5 Å². The van der Waals surface area contributed by atoms with Gasteiger partial charge in [-0.25, -0.2) is 0 Å². The standard InChI is InChI=1S/C16H20N2O2/c1-2-20-15-7-5-6-14-13(15)8-11-18(14)12-16(19)17-9-3-4-10-17/h5-8,11H,2-4,9-10,12H2,1H3. The zero-order valence-corrected chi connectivity index (χ0v) is 11.8. The molecule has 1 fully saturated rings. The molecule has 1 aromatic carbocycles. The minimum absolute atomic E-state index is 0.210. The molecule has 0 bridgehead atoms. The Labute approximate surface area is 118 Å². The van der Waals surface area contributed by atoms with E-state index in [0.717, 1.165) is 42.6 Å². The maximum atomic E-state index is 12.2. The van der Waals surface area contributed by atoms with E-state index in [1.165, 1.54) is 0 Å². The van der Waals surface area contributed by atoms with Gasteiger partial charge in [0.25, 0.3) is 0 Å². The molecular formula is C16H20N2O2. The van der Waals surface area contributed by atoms with Gasteiger partial charge in [-0.2, -0.15) is 0 Å². The van der Waals surface area contributed by atoms with Gasteiger partial charge in [0.05, 0.1) is 12.1 Å². The highest BCUT2D eigenvalue weighted by molar-refractivity contribution is 5.88. The first-order chi connectivity index (χ1) is 9.79. The fourth-order valence-electron chi connectivity index (χ4n) is 2.83.